The van der Waals surface area contributed by atoms with E-state index >= 15 is 0 Å². The topological polar surface area (TPSA) is 48.6 Å². The van der Waals surface area contributed by atoms with Crippen LogP contribution in [0.25, 0.3) is 0 Å². The molecule has 0 spiro atoms. The molecule has 0 atom stereocenters. The zero-order valence-electron chi connectivity index (χ0n) is 4.39. The Hall–Kier alpha value is -0.730. The molecule has 0 unspecified atom stereocenters. The van der Waals surface area contributed by atoms with Gasteiger partial charge in [-0.2, -0.15) is 5.11 Å². The van der Waals surface area contributed by atoms with Gasteiger partial charge >= 0.3 is 0 Å². The number of rotatable bonds is 3. The van der Waals surface area contributed by atoms with Gasteiger partial charge in [0, 0.05) is 19.7 Å². The summed E-state index contributed by atoms with van der Waals surface area (Å²) >= 11 is 0. The highest BCUT2D eigenvalue weighted by Gasteiger charge is 1.71. The summed E-state index contributed by atoms with van der Waals surface area (Å²) in [7, 11) is 1.71. The third-order valence-electron chi connectivity index (χ3n) is 0.553. The minimum Gasteiger partial charge on any atom is -0.301 e. The monoisotopic (exact) mass is 99.1 g/mol. The van der Waals surface area contributed by atoms with Crippen LogP contribution < -0.4 is 0 Å². The summed E-state index contributed by atoms with van der Waals surface area (Å²) in [6.07, 6.45) is 2.54. The van der Waals surface area contributed by atoms with Gasteiger partial charge in [-0.25, -0.2) is 5.53 Å². The first-order valence-corrected chi connectivity index (χ1v) is 2.15. The number of hydrogen-bond acceptors (Lipinski definition) is 3. The van der Waals surface area contributed by atoms with Gasteiger partial charge < -0.3 is 4.99 Å². The standard InChI is InChI=1S/C4H9N3/c1-6-3-2-4-7-5/h3,5H,2,4H2,1H3. The van der Waals surface area contributed by atoms with Crippen molar-refractivity contribution in [3.63, 3.8) is 0 Å². The van der Waals surface area contributed by atoms with E-state index in [-0.39, 0.29) is 0 Å². The first-order valence-electron chi connectivity index (χ1n) is 2.15. The van der Waals surface area contributed by atoms with Crippen LogP contribution >= 0.6 is 0 Å². The molecule has 0 saturated carbocycles. The highest BCUT2D eigenvalue weighted by Crippen LogP contribution is 1.72. The number of nitrogens with zero attached hydrogens (tertiary/aromatic N) is 2. The second-order valence-electron chi connectivity index (χ2n) is 1.11. The average molecular weight is 99.1 g/mol. The van der Waals surface area contributed by atoms with E-state index in [1.807, 2.05) is 0 Å². The summed E-state index contributed by atoms with van der Waals surface area (Å²) in [4.78, 5) is 3.70. The molecule has 7 heavy (non-hydrogen) atoms. The molecule has 0 fully saturated rings. The lowest BCUT2D eigenvalue weighted by atomic mass is 10.5. The summed E-state index contributed by atoms with van der Waals surface area (Å²) in [5.74, 6) is 0. The van der Waals surface area contributed by atoms with Crippen LogP contribution in [0.2, 0.25) is 0 Å². The van der Waals surface area contributed by atoms with Gasteiger partial charge in [-0.3, -0.25) is 0 Å². The van der Waals surface area contributed by atoms with Crippen LogP contribution in [-0.2, 0) is 0 Å². The van der Waals surface area contributed by atoms with Crippen molar-refractivity contribution in [3.05, 3.63) is 0 Å². The van der Waals surface area contributed by atoms with Crippen molar-refractivity contribution in [2.45, 2.75) is 6.42 Å². The van der Waals surface area contributed by atoms with E-state index in [0.29, 0.717) is 6.54 Å². The van der Waals surface area contributed by atoms with Gasteiger partial charge in [0.05, 0.1) is 6.54 Å². The fourth-order valence-corrected chi connectivity index (χ4v) is 0.251. The number of aliphatic imine (C=N–C) groups is 1. The molecule has 0 bridgehead atoms. The van der Waals surface area contributed by atoms with Crippen LogP contribution in [0.15, 0.2) is 10.1 Å². The first-order chi connectivity index (χ1) is 3.41. The molecular formula is C4H9N3. The molecular weight excluding hydrogens is 90.1 g/mol. The fourth-order valence-electron chi connectivity index (χ4n) is 0.251. The van der Waals surface area contributed by atoms with Crippen LogP contribution in [0.4, 0.5) is 0 Å². The van der Waals surface area contributed by atoms with Gasteiger partial charge in [-0.1, -0.05) is 0 Å². The van der Waals surface area contributed by atoms with Gasteiger partial charge in [-0.15, -0.1) is 0 Å². The van der Waals surface area contributed by atoms with E-state index in [2.05, 4.69) is 10.1 Å². The van der Waals surface area contributed by atoms with E-state index in [0.717, 1.165) is 6.42 Å². The van der Waals surface area contributed by atoms with Crippen molar-refractivity contribution in [2.24, 2.45) is 10.1 Å². The maximum Gasteiger partial charge on any atom is 0.0645 e. The molecule has 0 aromatic rings. The van der Waals surface area contributed by atoms with Crippen molar-refractivity contribution in [3.8, 4) is 0 Å². The Morgan fingerprint density at radius 3 is 2.86 bits per heavy atom. The molecule has 3 nitrogen and oxygen atoms in total. The SMILES string of the molecule is CN=CCCN=N. The average Bonchev–Trinajstić information content (AvgIpc) is 1.69. The lowest BCUT2D eigenvalue weighted by Crippen LogP contribution is -1.77. The third kappa shape index (κ3) is 5.27. The summed E-state index contributed by atoms with van der Waals surface area (Å²) in [6, 6.07) is 0. The zero-order chi connectivity index (χ0) is 5.54. The van der Waals surface area contributed by atoms with E-state index in [4.69, 9.17) is 5.53 Å². The van der Waals surface area contributed by atoms with Crippen LogP contribution in [0.1, 0.15) is 6.42 Å². The van der Waals surface area contributed by atoms with Crippen LogP contribution in [0.3, 0.4) is 0 Å². The van der Waals surface area contributed by atoms with Crippen molar-refractivity contribution in [1.29, 1.82) is 5.53 Å². The smallest absolute Gasteiger partial charge is 0.0645 e. The van der Waals surface area contributed by atoms with Gasteiger partial charge in [0.25, 0.3) is 0 Å². The van der Waals surface area contributed by atoms with E-state index in [9.17, 15) is 0 Å². The molecule has 40 valence electrons. The first kappa shape index (κ1) is 6.27. The largest absolute Gasteiger partial charge is 0.301 e. The molecule has 0 aliphatic carbocycles. The molecule has 0 rings (SSSR count). The Morgan fingerprint density at radius 1 is 1.71 bits per heavy atom. The van der Waals surface area contributed by atoms with Gasteiger partial charge in [0.1, 0.15) is 0 Å². The Labute approximate surface area is 43.0 Å². The Balaban J connectivity index is 2.82. The van der Waals surface area contributed by atoms with Gasteiger partial charge in [0.2, 0.25) is 0 Å². The quantitative estimate of drug-likeness (QED) is 0.313. The predicted molar refractivity (Wildman–Crippen MR) is 29.0 cm³/mol. The maximum absolute atomic E-state index is 6.34. The van der Waals surface area contributed by atoms with Crippen LogP contribution in [0, 0.1) is 5.53 Å². The number of hydrogen-bond donors (Lipinski definition) is 1. The second kappa shape index (κ2) is 5.27. The molecule has 0 amide bonds. The minimum atomic E-state index is 0.567. The molecule has 0 saturated heterocycles. The second-order valence-corrected chi connectivity index (χ2v) is 1.11. The number of nitrogens with one attached hydrogen (secondary N) is 1. The molecule has 1 N–H and O–H groups in total. The van der Waals surface area contributed by atoms with E-state index < -0.39 is 0 Å². The van der Waals surface area contributed by atoms with Crippen molar-refractivity contribution in [1.82, 2.24) is 0 Å². The molecule has 0 radical (unpaired) electrons. The maximum atomic E-state index is 6.34. The van der Waals surface area contributed by atoms with Crippen molar-refractivity contribution >= 4 is 6.21 Å². The van der Waals surface area contributed by atoms with Gasteiger partial charge in [-0.05, 0) is 0 Å². The predicted octanol–water partition coefficient (Wildman–Crippen LogP) is 1.11. The third-order valence-corrected chi connectivity index (χ3v) is 0.553. The van der Waals surface area contributed by atoms with Crippen LogP contribution in [-0.4, -0.2) is 19.8 Å². The normalized spacial score (nSPS) is 9.86. The fraction of sp³-hybridized carbons (Fsp3) is 0.750. The molecule has 0 aromatic heterocycles. The Kier molecular flexibility index (Phi) is 4.72. The van der Waals surface area contributed by atoms with Gasteiger partial charge in [0.15, 0.2) is 0 Å². The Bertz CT molecular complexity index is 67.3. The molecule has 3 heteroatoms. The summed E-state index contributed by atoms with van der Waals surface area (Å²) in [5.41, 5.74) is 6.34. The highest BCUT2D eigenvalue weighted by molar-refractivity contribution is 5.56. The van der Waals surface area contributed by atoms with Crippen molar-refractivity contribution < 1.29 is 0 Å². The summed E-state index contributed by atoms with van der Waals surface area (Å²) < 4.78 is 0. The van der Waals surface area contributed by atoms with Crippen LogP contribution in [0.5, 0.6) is 0 Å². The molecule has 0 aliphatic rings. The zero-order valence-corrected chi connectivity index (χ0v) is 4.39. The lowest BCUT2D eigenvalue weighted by Gasteiger charge is -1.77. The minimum absolute atomic E-state index is 0.567. The lowest BCUT2D eigenvalue weighted by molar-refractivity contribution is 0.912. The molecule has 0 aromatic carbocycles. The van der Waals surface area contributed by atoms with Crippen molar-refractivity contribution in [2.75, 3.05) is 13.6 Å². The molecule has 0 aliphatic heterocycles. The highest BCUT2D eigenvalue weighted by atomic mass is 14.9. The van der Waals surface area contributed by atoms with E-state index in [1.165, 1.54) is 0 Å². The Morgan fingerprint density at radius 2 is 2.43 bits per heavy atom. The summed E-state index contributed by atoms with van der Waals surface area (Å²) in [6.45, 7) is 0.567. The molecule has 0 heterocycles. The van der Waals surface area contributed by atoms with E-state index in [1.54, 1.807) is 13.3 Å². The summed E-state index contributed by atoms with van der Waals surface area (Å²) in [5, 5.41) is 3.13.